The third kappa shape index (κ3) is 2.32. The molecule has 1 heterocycles. The normalized spacial score (nSPS) is 32.5. The van der Waals surface area contributed by atoms with Crippen LogP contribution in [0.5, 0.6) is 0 Å². The highest BCUT2D eigenvalue weighted by Gasteiger charge is 2.47. The maximum Gasteiger partial charge on any atom is 0.320 e. The first-order valence-electron chi connectivity index (χ1n) is 6.79. The van der Waals surface area contributed by atoms with E-state index in [9.17, 15) is 9.90 Å². The lowest BCUT2D eigenvalue weighted by Gasteiger charge is -2.30. The largest absolute Gasteiger partial charge is 0.396 e. The van der Waals surface area contributed by atoms with Crippen LogP contribution in [0.25, 0.3) is 0 Å². The summed E-state index contributed by atoms with van der Waals surface area (Å²) in [5.41, 5.74) is 0. The number of aliphatic hydroxyl groups is 1. The van der Waals surface area contributed by atoms with Crippen LogP contribution in [0, 0.1) is 24.7 Å². The van der Waals surface area contributed by atoms with Gasteiger partial charge >= 0.3 is 6.03 Å². The van der Waals surface area contributed by atoms with E-state index < -0.39 is 0 Å². The van der Waals surface area contributed by atoms with Gasteiger partial charge in [0.05, 0.1) is 0 Å². The van der Waals surface area contributed by atoms with Gasteiger partial charge in [0.25, 0.3) is 0 Å². The first kappa shape index (κ1) is 12.5. The van der Waals surface area contributed by atoms with Crippen molar-refractivity contribution in [3.05, 3.63) is 11.8 Å². The zero-order valence-electron chi connectivity index (χ0n) is 10.9. The van der Waals surface area contributed by atoms with Gasteiger partial charge in [-0.1, -0.05) is 5.16 Å². The number of carbonyl (C=O) groups excluding carboxylic acids is 1. The van der Waals surface area contributed by atoms with Crippen molar-refractivity contribution in [2.24, 2.45) is 17.8 Å². The van der Waals surface area contributed by atoms with Crippen LogP contribution >= 0.6 is 0 Å². The van der Waals surface area contributed by atoms with E-state index in [1.54, 1.807) is 13.0 Å². The molecule has 2 aliphatic rings. The van der Waals surface area contributed by atoms with Gasteiger partial charge in [0.15, 0.2) is 5.82 Å². The molecule has 104 valence electrons. The molecule has 2 fully saturated rings. The third-order valence-corrected chi connectivity index (χ3v) is 4.47. The summed E-state index contributed by atoms with van der Waals surface area (Å²) < 4.78 is 4.89. The van der Waals surface area contributed by atoms with Gasteiger partial charge in [-0.25, -0.2) is 4.79 Å². The summed E-state index contributed by atoms with van der Waals surface area (Å²) in [6.45, 7) is 1.92. The molecule has 6 heteroatoms. The van der Waals surface area contributed by atoms with E-state index in [4.69, 9.17) is 4.52 Å². The minimum Gasteiger partial charge on any atom is -0.396 e. The molecule has 0 aromatic carbocycles. The van der Waals surface area contributed by atoms with Gasteiger partial charge in [0.1, 0.15) is 5.76 Å². The fourth-order valence-corrected chi connectivity index (χ4v) is 3.63. The minimum atomic E-state index is -0.274. The SMILES string of the molecule is Cc1cc(NC(=O)N[C@H]2[C@H]3CC[C@@H](C3)[C@H]2CO)no1. The standard InChI is InChI=1S/C13H19N3O3/c1-7-4-11(16-19-7)14-13(18)15-12-9-3-2-8(5-9)10(12)6-17/h4,8-10,12,17H,2-3,5-6H2,1H3,(H2,14,15,16,18)/t8-,9-,10+,12-/m0/s1. The fourth-order valence-electron chi connectivity index (χ4n) is 3.63. The number of aromatic nitrogens is 1. The number of urea groups is 1. The molecule has 0 spiro atoms. The summed E-state index contributed by atoms with van der Waals surface area (Å²) in [6.07, 6.45) is 3.45. The number of nitrogens with one attached hydrogen (secondary N) is 2. The Hall–Kier alpha value is -1.56. The molecule has 1 aromatic heterocycles. The number of rotatable bonds is 3. The molecule has 19 heavy (non-hydrogen) atoms. The molecular weight excluding hydrogens is 246 g/mol. The van der Waals surface area contributed by atoms with Gasteiger partial charge in [0.2, 0.25) is 0 Å². The topological polar surface area (TPSA) is 87.4 Å². The van der Waals surface area contributed by atoms with Gasteiger partial charge in [-0.3, -0.25) is 5.32 Å². The molecule has 0 aliphatic heterocycles. The van der Waals surface area contributed by atoms with Crippen LogP contribution in [0.3, 0.4) is 0 Å². The Morgan fingerprint density at radius 2 is 2.32 bits per heavy atom. The Labute approximate surface area is 111 Å². The Morgan fingerprint density at radius 3 is 3.00 bits per heavy atom. The summed E-state index contributed by atoms with van der Waals surface area (Å²) in [6, 6.07) is 1.48. The second kappa shape index (κ2) is 4.85. The van der Waals surface area contributed by atoms with Crippen molar-refractivity contribution in [1.82, 2.24) is 10.5 Å². The van der Waals surface area contributed by atoms with Crippen LogP contribution in [0.4, 0.5) is 10.6 Å². The summed E-state index contributed by atoms with van der Waals surface area (Å²) in [5.74, 6) is 2.34. The van der Waals surface area contributed by atoms with E-state index in [2.05, 4.69) is 15.8 Å². The number of anilines is 1. The Kier molecular flexibility index (Phi) is 3.18. The predicted octanol–water partition coefficient (Wildman–Crippen LogP) is 1.51. The number of aryl methyl sites for hydroxylation is 1. The average molecular weight is 265 g/mol. The van der Waals surface area contributed by atoms with Crippen LogP contribution in [0.15, 0.2) is 10.6 Å². The van der Waals surface area contributed by atoms with E-state index in [0.717, 1.165) is 12.8 Å². The number of hydrogen-bond donors (Lipinski definition) is 3. The molecule has 3 rings (SSSR count). The van der Waals surface area contributed by atoms with E-state index >= 15 is 0 Å². The molecule has 2 aliphatic carbocycles. The maximum atomic E-state index is 11.9. The summed E-state index contributed by atoms with van der Waals surface area (Å²) in [7, 11) is 0. The van der Waals surface area contributed by atoms with Crippen molar-refractivity contribution >= 4 is 11.8 Å². The first-order valence-corrected chi connectivity index (χ1v) is 6.79. The second-order valence-corrected chi connectivity index (χ2v) is 5.63. The molecule has 2 amide bonds. The number of nitrogens with zero attached hydrogens (tertiary/aromatic N) is 1. The van der Waals surface area contributed by atoms with Crippen molar-refractivity contribution in [3.63, 3.8) is 0 Å². The smallest absolute Gasteiger partial charge is 0.320 e. The van der Waals surface area contributed by atoms with Gasteiger partial charge in [-0.05, 0) is 38.0 Å². The van der Waals surface area contributed by atoms with Crippen LogP contribution in [-0.2, 0) is 0 Å². The van der Waals surface area contributed by atoms with Gasteiger partial charge < -0.3 is 14.9 Å². The maximum absolute atomic E-state index is 11.9. The molecule has 0 unspecified atom stereocenters. The van der Waals surface area contributed by atoms with Crippen molar-refractivity contribution in [3.8, 4) is 0 Å². The highest BCUT2D eigenvalue weighted by atomic mass is 16.5. The predicted molar refractivity (Wildman–Crippen MR) is 68.6 cm³/mol. The average Bonchev–Trinajstić information content (AvgIpc) is 3.05. The highest BCUT2D eigenvalue weighted by Crippen LogP contribution is 2.48. The Bertz CT molecular complexity index is 473. The Balaban J connectivity index is 1.60. The lowest BCUT2D eigenvalue weighted by molar-refractivity contribution is 0.146. The monoisotopic (exact) mass is 265 g/mol. The number of amides is 2. The molecular formula is C13H19N3O3. The number of fused-ring (bicyclic) bond motifs is 2. The van der Waals surface area contributed by atoms with Crippen molar-refractivity contribution in [2.75, 3.05) is 11.9 Å². The van der Waals surface area contributed by atoms with Crippen molar-refractivity contribution < 1.29 is 14.4 Å². The highest BCUT2D eigenvalue weighted by molar-refractivity contribution is 5.88. The number of aliphatic hydroxyl groups excluding tert-OH is 1. The quantitative estimate of drug-likeness (QED) is 0.773. The third-order valence-electron chi connectivity index (χ3n) is 4.47. The van der Waals surface area contributed by atoms with E-state index in [-0.39, 0.29) is 24.6 Å². The number of hydrogen-bond acceptors (Lipinski definition) is 4. The zero-order valence-corrected chi connectivity index (χ0v) is 10.9. The molecule has 4 atom stereocenters. The summed E-state index contributed by atoms with van der Waals surface area (Å²) in [4.78, 5) is 11.9. The van der Waals surface area contributed by atoms with Crippen molar-refractivity contribution in [1.29, 1.82) is 0 Å². The summed E-state index contributed by atoms with van der Waals surface area (Å²) in [5, 5.41) is 18.8. The minimum absolute atomic E-state index is 0.0803. The van der Waals surface area contributed by atoms with Gasteiger partial charge in [0, 0.05) is 24.6 Å². The lowest BCUT2D eigenvalue weighted by atomic mass is 9.85. The first-order chi connectivity index (χ1) is 9.17. The molecule has 0 saturated heterocycles. The fraction of sp³-hybridized carbons (Fsp3) is 0.692. The van der Waals surface area contributed by atoms with Gasteiger partial charge in [-0.15, -0.1) is 0 Å². The molecule has 6 nitrogen and oxygen atoms in total. The molecule has 2 bridgehead atoms. The molecule has 0 radical (unpaired) electrons. The van der Waals surface area contributed by atoms with Crippen LogP contribution in [0.1, 0.15) is 25.0 Å². The second-order valence-electron chi connectivity index (χ2n) is 5.63. The molecule has 3 N–H and O–H groups in total. The lowest BCUT2D eigenvalue weighted by Crippen LogP contribution is -2.46. The Morgan fingerprint density at radius 1 is 1.53 bits per heavy atom. The number of carbonyl (C=O) groups is 1. The van der Waals surface area contributed by atoms with Crippen LogP contribution < -0.4 is 10.6 Å². The van der Waals surface area contributed by atoms with Crippen LogP contribution in [0.2, 0.25) is 0 Å². The van der Waals surface area contributed by atoms with Gasteiger partial charge in [-0.2, -0.15) is 0 Å². The van der Waals surface area contributed by atoms with E-state index in [1.165, 1.54) is 6.42 Å². The zero-order chi connectivity index (χ0) is 13.4. The van der Waals surface area contributed by atoms with E-state index in [1.807, 2.05) is 0 Å². The molecule has 1 aromatic rings. The summed E-state index contributed by atoms with van der Waals surface area (Å²) >= 11 is 0. The van der Waals surface area contributed by atoms with Crippen molar-refractivity contribution in [2.45, 2.75) is 32.2 Å². The molecule has 2 saturated carbocycles. The van der Waals surface area contributed by atoms with E-state index in [0.29, 0.717) is 23.4 Å². The van der Waals surface area contributed by atoms with Crippen LogP contribution in [-0.4, -0.2) is 28.9 Å².